The van der Waals surface area contributed by atoms with Gasteiger partial charge in [-0.1, -0.05) is 19.6 Å². The molecule has 0 aromatic carbocycles. The van der Waals surface area contributed by atoms with Crippen molar-refractivity contribution in [1.82, 2.24) is 19.7 Å². The van der Waals surface area contributed by atoms with Crippen molar-refractivity contribution in [2.75, 3.05) is 36.3 Å². The smallest absolute Gasteiger partial charge is 0.263 e. The van der Waals surface area contributed by atoms with Gasteiger partial charge < -0.3 is 14.4 Å². The zero-order chi connectivity index (χ0) is 25.3. The molecule has 1 saturated heterocycles. The molecule has 5 heterocycles. The van der Waals surface area contributed by atoms with Gasteiger partial charge in [-0.2, -0.15) is 5.10 Å². The van der Waals surface area contributed by atoms with Crippen LogP contribution in [-0.4, -0.2) is 66.4 Å². The number of anilines is 2. The standard InChI is InChI=1S/C25H31FN6O3Si/c1-36(2,3)11-10-34-17-35-20-6-8-27-24(12-20)31-16-22-21(25(31)33)15-32(29-22)19-4-5-23(28-13-19)30-9-7-18(26)14-30/h4-6,8,12-13,15,18H,7,9-11,14,16-17H2,1-3H3/t18-/m1/s1. The molecule has 0 unspecified atom stereocenters. The lowest BCUT2D eigenvalue weighted by molar-refractivity contribution is 0.0220. The Morgan fingerprint density at radius 3 is 2.72 bits per heavy atom. The molecule has 5 rings (SSSR count). The van der Waals surface area contributed by atoms with Gasteiger partial charge in [-0.15, -0.1) is 0 Å². The van der Waals surface area contributed by atoms with Gasteiger partial charge in [-0.3, -0.25) is 9.69 Å². The summed E-state index contributed by atoms with van der Waals surface area (Å²) in [5, 5.41) is 4.60. The van der Waals surface area contributed by atoms with Crippen LogP contribution in [0, 0.1) is 0 Å². The van der Waals surface area contributed by atoms with Gasteiger partial charge in [0.1, 0.15) is 23.6 Å². The zero-order valence-electron chi connectivity index (χ0n) is 20.9. The van der Waals surface area contributed by atoms with Gasteiger partial charge in [-0.25, -0.2) is 19.0 Å². The number of hydrogen-bond acceptors (Lipinski definition) is 7. The lowest BCUT2D eigenvalue weighted by Crippen LogP contribution is -2.25. The van der Waals surface area contributed by atoms with E-state index >= 15 is 0 Å². The molecule has 11 heteroatoms. The van der Waals surface area contributed by atoms with E-state index in [1.807, 2.05) is 17.0 Å². The minimum atomic E-state index is -1.14. The largest absolute Gasteiger partial charge is 0.467 e. The van der Waals surface area contributed by atoms with Gasteiger partial charge in [0.15, 0.2) is 6.79 Å². The van der Waals surface area contributed by atoms with E-state index in [0.717, 1.165) is 17.5 Å². The molecule has 3 aromatic rings. The van der Waals surface area contributed by atoms with Crippen molar-refractivity contribution >= 4 is 25.6 Å². The Labute approximate surface area is 210 Å². The summed E-state index contributed by atoms with van der Waals surface area (Å²) in [5.41, 5.74) is 1.94. The average Bonchev–Trinajstić information content (AvgIpc) is 3.55. The topological polar surface area (TPSA) is 85.6 Å². The highest BCUT2D eigenvalue weighted by atomic mass is 28.3. The van der Waals surface area contributed by atoms with E-state index in [2.05, 4.69) is 34.7 Å². The number of alkyl halides is 1. The fourth-order valence-electron chi connectivity index (χ4n) is 4.20. The van der Waals surface area contributed by atoms with Crippen molar-refractivity contribution in [2.45, 2.75) is 44.8 Å². The third kappa shape index (κ3) is 5.41. The molecule has 0 aliphatic carbocycles. The van der Waals surface area contributed by atoms with Gasteiger partial charge in [0.05, 0.1) is 36.2 Å². The number of pyridine rings is 2. The third-order valence-electron chi connectivity index (χ3n) is 6.32. The molecule has 0 bridgehead atoms. The van der Waals surface area contributed by atoms with Crippen LogP contribution in [0.1, 0.15) is 22.5 Å². The zero-order valence-corrected chi connectivity index (χ0v) is 21.9. The summed E-state index contributed by atoms with van der Waals surface area (Å²) in [5.74, 6) is 1.68. The summed E-state index contributed by atoms with van der Waals surface area (Å²) < 4.78 is 26.5. The number of ether oxygens (including phenoxy) is 2. The lowest BCUT2D eigenvalue weighted by Gasteiger charge is -2.17. The number of rotatable bonds is 9. The Kier molecular flexibility index (Phi) is 6.76. The molecule has 9 nitrogen and oxygen atoms in total. The van der Waals surface area contributed by atoms with Crippen molar-refractivity contribution in [3.05, 3.63) is 54.1 Å². The Bertz CT molecular complexity index is 1230. The predicted molar refractivity (Wildman–Crippen MR) is 137 cm³/mol. The highest BCUT2D eigenvalue weighted by Crippen LogP contribution is 2.29. The van der Waals surface area contributed by atoms with E-state index in [4.69, 9.17) is 9.47 Å². The number of fused-ring (bicyclic) bond motifs is 1. The second kappa shape index (κ2) is 9.98. The first-order chi connectivity index (χ1) is 17.3. The van der Waals surface area contributed by atoms with Gasteiger partial charge in [0.2, 0.25) is 0 Å². The van der Waals surface area contributed by atoms with Gasteiger partial charge in [-0.05, 0) is 30.7 Å². The van der Waals surface area contributed by atoms with Gasteiger partial charge >= 0.3 is 0 Å². The normalized spacial score (nSPS) is 17.7. The molecule has 0 spiro atoms. The molecule has 190 valence electrons. The SMILES string of the molecule is C[Si](C)(C)CCOCOc1ccnc(N2Cc3nn(-c4ccc(N5CC[C@@H](F)C5)nc4)cc3C2=O)c1. The van der Waals surface area contributed by atoms with Crippen LogP contribution in [0.4, 0.5) is 16.0 Å². The molecule has 1 atom stereocenters. The summed E-state index contributed by atoms with van der Waals surface area (Å²) in [6, 6.07) is 8.30. The number of nitrogens with zero attached hydrogens (tertiary/aromatic N) is 6. The molecule has 0 saturated carbocycles. The van der Waals surface area contributed by atoms with E-state index in [1.54, 1.807) is 40.3 Å². The van der Waals surface area contributed by atoms with E-state index in [-0.39, 0.29) is 12.7 Å². The van der Waals surface area contributed by atoms with Crippen LogP contribution in [0.2, 0.25) is 25.7 Å². The van der Waals surface area contributed by atoms with Crippen molar-refractivity contribution in [2.24, 2.45) is 0 Å². The second-order valence-corrected chi connectivity index (χ2v) is 16.0. The summed E-state index contributed by atoms with van der Waals surface area (Å²) in [4.78, 5) is 25.5. The Morgan fingerprint density at radius 1 is 1.17 bits per heavy atom. The first-order valence-electron chi connectivity index (χ1n) is 12.2. The molecule has 1 fully saturated rings. The Morgan fingerprint density at radius 2 is 2.03 bits per heavy atom. The number of carbonyl (C=O) groups excluding carboxylic acids is 1. The monoisotopic (exact) mass is 510 g/mol. The molecule has 3 aromatic heterocycles. The fourth-order valence-corrected chi connectivity index (χ4v) is 4.96. The second-order valence-electron chi connectivity index (χ2n) is 10.4. The van der Waals surface area contributed by atoms with E-state index < -0.39 is 14.2 Å². The summed E-state index contributed by atoms with van der Waals surface area (Å²) in [6.45, 7) is 9.11. The van der Waals surface area contributed by atoms with Crippen LogP contribution in [0.15, 0.2) is 42.9 Å². The summed E-state index contributed by atoms with van der Waals surface area (Å²) in [7, 11) is -1.14. The molecule has 0 N–H and O–H groups in total. The van der Waals surface area contributed by atoms with Crippen LogP contribution in [0.3, 0.4) is 0 Å². The number of hydrogen-bond donors (Lipinski definition) is 0. The minimum Gasteiger partial charge on any atom is -0.467 e. The van der Waals surface area contributed by atoms with Crippen molar-refractivity contribution in [3.8, 4) is 11.4 Å². The molecular weight excluding hydrogens is 479 g/mol. The van der Waals surface area contributed by atoms with Crippen molar-refractivity contribution in [3.63, 3.8) is 0 Å². The first kappa shape index (κ1) is 24.4. The lowest BCUT2D eigenvalue weighted by atomic mass is 10.3. The number of amides is 1. The van der Waals surface area contributed by atoms with Crippen LogP contribution in [0.5, 0.6) is 5.75 Å². The van der Waals surface area contributed by atoms with Crippen molar-refractivity contribution < 1.29 is 18.7 Å². The van der Waals surface area contributed by atoms with E-state index in [1.165, 1.54) is 0 Å². The van der Waals surface area contributed by atoms with Gasteiger partial charge in [0.25, 0.3) is 5.91 Å². The van der Waals surface area contributed by atoms with Crippen LogP contribution in [0.25, 0.3) is 5.69 Å². The minimum absolute atomic E-state index is 0.160. The van der Waals surface area contributed by atoms with E-state index in [0.29, 0.717) is 55.5 Å². The summed E-state index contributed by atoms with van der Waals surface area (Å²) >= 11 is 0. The average molecular weight is 511 g/mol. The highest BCUT2D eigenvalue weighted by molar-refractivity contribution is 6.76. The Hall–Kier alpha value is -3.31. The van der Waals surface area contributed by atoms with Gasteiger partial charge in [0, 0.05) is 39.7 Å². The maximum absolute atomic E-state index is 13.5. The summed E-state index contributed by atoms with van der Waals surface area (Å²) in [6.07, 6.45) is 4.76. The number of aromatic nitrogens is 4. The van der Waals surface area contributed by atoms with E-state index in [9.17, 15) is 9.18 Å². The van der Waals surface area contributed by atoms with Crippen LogP contribution >= 0.6 is 0 Å². The highest BCUT2D eigenvalue weighted by Gasteiger charge is 2.33. The first-order valence-corrected chi connectivity index (χ1v) is 15.9. The predicted octanol–water partition coefficient (Wildman–Crippen LogP) is 4.06. The maximum atomic E-state index is 13.5. The molecule has 2 aliphatic heterocycles. The number of halogens is 1. The molecule has 36 heavy (non-hydrogen) atoms. The Balaban J connectivity index is 1.21. The molecule has 2 aliphatic rings. The molecular formula is C25H31FN6O3Si. The van der Waals surface area contributed by atoms with Crippen LogP contribution in [-0.2, 0) is 11.3 Å². The maximum Gasteiger partial charge on any atom is 0.263 e. The van der Waals surface area contributed by atoms with Crippen molar-refractivity contribution in [1.29, 1.82) is 0 Å². The quantitative estimate of drug-likeness (QED) is 0.244. The molecule has 0 radical (unpaired) electrons. The fraction of sp³-hybridized carbons (Fsp3) is 0.440. The third-order valence-corrected chi connectivity index (χ3v) is 8.03. The molecule has 1 amide bonds. The van der Waals surface area contributed by atoms with Crippen LogP contribution < -0.4 is 14.5 Å². The number of carbonyl (C=O) groups is 1.